The summed E-state index contributed by atoms with van der Waals surface area (Å²) in [6, 6.07) is 11.8. The van der Waals surface area contributed by atoms with Crippen molar-refractivity contribution in [3.05, 3.63) is 60.2 Å². The zero-order valence-corrected chi connectivity index (χ0v) is 14.1. The number of carbonyl (C=O) groups excluding carboxylic acids is 1. The van der Waals surface area contributed by atoms with Gasteiger partial charge in [-0.2, -0.15) is 0 Å². The van der Waals surface area contributed by atoms with Crippen LogP contribution in [-0.2, 0) is 7.05 Å². The van der Waals surface area contributed by atoms with Crippen LogP contribution in [0.4, 0.5) is 14.5 Å². The predicted octanol–water partition coefficient (Wildman–Crippen LogP) is 3.55. The van der Waals surface area contributed by atoms with E-state index in [1.54, 1.807) is 36.1 Å². The maximum Gasteiger partial charge on any atom is 0.295 e. The lowest BCUT2D eigenvalue weighted by Crippen LogP contribution is -2.13. The van der Waals surface area contributed by atoms with Crippen molar-refractivity contribution in [3.63, 3.8) is 0 Å². The van der Waals surface area contributed by atoms with E-state index in [0.29, 0.717) is 33.7 Å². The van der Waals surface area contributed by atoms with Crippen LogP contribution in [0.15, 0.2) is 48.8 Å². The number of aromatic nitrogens is 5. The molecule has 0 spiro atoms. The summed E-state index contributed by atoms with van der Waals surface area (Å²) in [6.07, 6.45) is -1.13. The number of H-pyrrole nitrogens is 1. The molecule has 0 radical (unpaired) electrons. The molecule has 2 N–H and O–H groups in total. The number of hydrogen-bond donors (Lipinski definition) is 2. The molecule has 0 atom stereocenters. The highest BCUT2D eigenvalue weighted by Gasteiger charge is 2.16. The number of aromatic amines is 1. The number of fused-ring (bicyclic) bond motifs is 1. The van der Waals surface area contributed by atoms with Crippen LogP contribution in [0.3, 0.4) is 0 Å². The molecule has 2 heterocycles. The van der Waals surface area contributed by atoms with Crippen molar-refractivity contribution in [2.45, 2.75) is 6.43 Å². The van der Waals surface area contributed by atoms with Gasteiger partial charge in [-0.05, 0) is 30.3 Å². The van der Waals surface area contributed by atoms with E-state index in [4.69, 9.17) is 0 Å². The molecule has 9 heteroatoms. The Bertz CT molecular complexity index is 1130. The number of carbonyl (C=O) groups is 1. The van der Waals surface area contributed by atoms with Crippen molar-refractivity contribution in [1.82, 2.24) is 24.7 Å². The smallest absolute Gasteiger partial charge is 0.295 e. The molecule has 2 aromatic heterocycles. The number of nitrogens with one attached hydrogen (secondary N) is 2. The third-order valence-electron chi connectivity index (χ3n) is 4.10. The van der Waals surface area contributed by atoms with E-state index in [9.17, 15) is 13.6 Å². The third-order valence-corrected chi connectivity index (χ3v) is 4.10. The quantitative estimate of drug-likeness (QED) is 0.577. The molecule has 0 aliphatic rings. The van der Waals surface area contributed by atoms with Crippen LogP contribution in [0.1, 0.15) is 22.6 Å². The summed E-state index contributed by atoms with van der Waals surface area (Å²) in [5, 5.41) is 10.8. The van der Waals surface area contributed by atoms with Gasteiger partial charge in [-0.15, -0.1) is 10.2 Å². The maximum absolute atomic E-state index is 12.8. The van der Waals surface area contributed by atoms with E-state index >= 15 is 0 Å². The lowest BCUT2D eigenvalue weighted by atomic mass is 10.1. The molecule has 0 saturated carbocycles. The van der Waals surface area contributed by atoms with Crippen LogP contribution >= 0.6 is 0 Å². The minimum atomic E-state index is -2.70. The first-order valence-electron chi connectivity index (χ1n) is 8.05. The van der Waals surface area contributed by atoms with Gasteiger partial charge in [0.25, 0.3) is 12.3 Å². The first-order valence-corrected chi connectivity index (χ1v) is 8.05. The highest BCUT2D eigenvalue weighted by atomic mass is 19.3. The highest BCUT2D eigenvalue weighted by Crippen LogP contribution is 2.26. The van der Waals surface area contributed by atoms with E-state index in [2.05, 4.69) is 25.5 Å². The number of imidazole rings is 1. The predicted molar refractivity (Wildman–Crippen MR) is 95.4 cm³/mol. The normalized spacial score (nSPS) is 11.3. The summed E-state index contributed by atoms with van der Waals surface area (Å²) in [4.78, 5) is 19.0. The van der Waals surface area contributed by atoms with Crippen LogP contribution < -0.4 is 5.32 Å². The highest BCUT2D eigenvalue weighted by molar-refractivity contribution is 6.07. The number of amides is 1. The number of nitrogens with zero attached hydrogens (tertiary/aromatic N) is 4. The Balaban J connectivity index is 1.65. The molecule has 4 aromatic rings. The average Bonchev–Trinajstić information content (AvgIpc) is 3.27. The van der Waals surface area contributed by atoms with Crippen molar-refractivity contribution < 1.29 is 13.6 Å². The molecule has 0 fully saturated rings. The Labute approximate surface area is 152 Å². The molecule has 0 saturated heterocycles. The van der Waals surface area contributed by atoms with Crippen molar-refractivity contribution in [1.29, 1.82) is 0 Å². The third kappa shape index (κ3) is 3.14. The number of para-hydroxylation sites is 1. The second kappa shape index (κ2) is 6.60. The summed E-state index contributed by atoms with van der Waals surface area (Å²) in [7, 11) is 1.81. The molecule has 2 aromatic carbocycles. The van der Waals surface area contributed by atoms with Gasteiger partial charge in [0.15, 0.2) is 11.6 Å². The molecule has 1 amide bonds. The molecule has 7 nitrogen and oxygen atoms in total. The maximum atomic E-state index is 12.8. The minimum absolute atomic E-state index is 0.319. The molecular formula is C18H14F2N6O. The summed E-state index contributed by atoms with van der Waals surface area (Å²) in [5.74, 6) is -0.189. The Kier molecular flexibility index (Phi) is 4.11. The summed E-state index contributed by atoms with van der Waals surface area (Å²) < 4.78 is 27.3. The number of alkyl halides is 2. The van der Waals surface area contributed by atoms with Crippen LogP contribution in [0.2, 0.25) is 0 Å². The van der Waals surface area contributed by atoms with Gasteiger partial charge in [-0.25, -0.2) is 13.8 Å². The van der Waals surface area contributed by atoms with E-state index < -0.39 is 12.2 Å². The van der Waals surface area contributed by atoms with Crippen molar-refractivity contribution in [3.8, 4) is 11.4 Å². The summed E-state index contributed by atoms with van der Waals surface area (Å²) in [5.41, 5.74) is 2.35. The molecule has 136 valence electrons. The zero-order valence-electron chi connectivity index (χ0n) is 14.1. The fourth-order valence-corrected chi connectivity index (χ4v) is 2.78. The van der Waals surface area contributed by atoms with Gasteiger partial charge in [0, 0.05) is 18.2 Å². The van der Waals surface area contributed by atoms with Crippen LogP contribution in [0.5, 0.6) is 0 Å². The zero-order chi connectivity index (χ0) is 19.0. The molecule has 27 heavy (non-hydrogen) atoms. The van der Waals surface area contributed by atoms with E-state index in [-0.39, 0.29) is 5.91 Å². The van der Waals surface area contributed by atoms with Crippen molar-refractivity contribution in [2.75, 3.05) is 5.32 Å². The van der Waals surface area contributed by atoms with E-state index in [1.807, 2.05) is 12.1 Å². The van der Waals surface area contributed by atoms with E-state index in [0.717, 1.165) is 0 Å². The first kappa shape index (κ1) is 16.8. The van der Waals surface area contributed by atoms with Gasteiger partial charge in [0.2, 0.25) is 0 Å². The van der Waals surface area contributed by atoms with Gasteiger partial charge in [0.05, 0.1) is 16.7 Å². The number of rotatable bonds is 4. The largest absolute Gasteiger partial charge is 0.337 e. The van der Waals surface area contributed by atoms with E-state index in [1.165, 1.54) is 12.1 Å². The Morgan fingerprint density at radius 3 is 2.78 bits per heavy atom. The van der Waals surface area contributed by atoms with Crippen LogP contribution in [-0.4, -0.2) is 30.6 Å². The Morgan fingerprint density at radius 2 is 2.04 bits per heavy atom. The second-order valence-corrected chi connectivity index (χ2v) is 5.92. The van der Waals surface area contributed by atoms with Gasteiger partial charge in [-0.3, -0.25) is 4.79 Å². The van der Waals surface area contributed by atoms with Crippen molar-refractivity contribution in [2.24, 2.45) is 7.05 Å². The van der Waals surface area contributed by atoms with Gasteiger partial charge < -0.3 is 14.9 Å². The van der Waals surface area contributed by atoms with Crippen LogP contribution in [0, 0.1) is 0 Å². The molecule has 0 aliphatic heterocycles. The molecule has 0 unspecified atom stereocenters. The minimum Gasteiger partial charge on any atom is -0.337 e. The summed E-state index contributed by atoms with van der Waals surface area (Å²) >= 11 is 0. The SMILES string of the molecule is Cn1cnnc1-c1ccccc1NC(=O)c1ccc2nc(C(F)F)[nH]c2c1. The van der Waals surface area contributed by atoms with Gasteiger partial charge >= 0.3 is 0 Å². The second-order valence-electron chi connectivity index (χ2n) is 5.92. The molecule has 0 bridgehead atoms. The topological polar surface area (TPSA) is 88.5 Å². The lowest BCUT2D eigenvalue weighted by Gasteiger charge is -2.10. The number of benzene rings is 2. The van der Waals surface area contributed by atoms with Gasteiger partial charge in [0.1, 0.15) is 6.33 Å². The van der Waals surface area contributed by atoms with Gasteiger partial charge in [-0.1, -0.05) is 12.1 Å². The first-order chi connectivity index (χ1) is 13.0. The fourth-order valence-electron chi connectivity index (χ4n) is 2.78. The number of hydrogen-bond acceptors (Lipinski definition) is 4. The Hall–Kier alpha value is -3.62. The Morgan fingerprint density at radius 1 is 1.22 bits per heavy atom. The molecule has 4 rings (SSSR count). The fraction of sp³-hybridized carbons (Fsp3) is 0.111. The average molecular weight is 368 g/mol. The monoisotopic (exact) mass is 368 g/mol. The van der Waals surface area contributed by atoms with Crippen molar-refractivity contribution >= 4 is 22.6 Å². The summed E-state index contributed by atoms with van der Waals surface area (Å²) in [6.45, 7) is 0. The standard InChI is InChI=1S/C18H14F2N6O/c1-26-9-21-25-17(26)11-4-2-3-5-12(11)24-18(27)10-6-7-13-14(8-10)23-16(22-13)15(19)20/h2-9,15H,1H3,(H,22,23)(H,24,27). The lowest BCUT2D eigenvalue weighted by molar-refractivity contribution is 0.102. The number of anilines is 1. The number of halogens is 2. The number of aryl methyl sites for hydroxylation is 1. The molecule has 0 aliphatic carbocycles. The molecular weight excluding hydrogens is 354 g/mol. The van der Waals surface area contributed by atoms with Crippen LogP contribution in [0.25, 0.3) is 22.4 Å².